The zero-order valence-corrected chi connectivity index (χ0v) is 8.10. The summed E-state index contributed by atoms with van der Waals surface area (Å²) in [7, 11) is 1.19. The molecule has 2 aromatic rings. The number of nitrogens with one attached hydrogen (secondary N) is 2. The molecule has 0 atom stereocenters. The molecule has 0 aliphatic heterocycles. The quantitative estimate of drug-likeness (QED) is 0.584. The van der Waals surface area contributed by atoms with Gasteiger partial charge >= 0.3 is 11.7 Å². The predicted molar refractivity (Wildman–Crippen MR) is 52.1 cm³/mol. The lowest BCUT2D eigenvalue weighted by atomic mass is 10.4. The molecule has 0 amide bonds. The molecule has 0 aliphatic rings. The predicted octanol–water partition coefficient (Wildman–Crippen LogP) is -1.21. The summed E-state index contributed by atoms with van der Waals surface area (Å²) in [6, 6.07) is 0. The number of carbonyl (C=O) groups excluding carboxylic acids is 1. The Kier molecular flexibility index (Phi) is 2.24. The molecule has 0 aromatic carbocycles. The van der Waals surface area contributed by atoms with Gasteiger partial charge in [0.25, 0.3) is 5.56 Å². The molecule has 2 N–H and O–H groups in total. The van der Waals surface area contributed by atoms with Crippen LogP contribution in [-0.4, -0.2) is 33.0 Å². The lowest BCUT2D eigenvalue weighted by Crippen LogP contribution is -2.24. The van der Waals surface area contributed by atoms with Crippen molar-refractivity contribution in [3.63, 3.8) is 0 Å². The number of carbonyl (C=O) groups is 1. The molecule has 2 aromatic heterocycles. The van der Waals surface area contributed by atoms with E-state index < -0.39 is 17.2 Å². The lowest BCUT2D eigenvalue weighted by molar-refractivity contribution is 0.0594. The maximum Gasteiger partial charge on any atom is 0.358 e. The van der Waals surface area contributed by atoms with Crippen molar-refractivity contribution >= 4 is 17.1 Å². The van der Waals surface area contributed by atoms with Gasteiger partial charge in [-0.2, -0.15) is 0 Å². The highest BCUT2D eigenvalue weighted by Crippen LogP contribution is 2.00. The second-order valence-electron chi connectivity index (χ2n) is 2.85. The van der Waals surface area contributed by atoms with Crippen LogP contribution in [0.15, 0.2) is 15.8 Å². The van der Waals surface area contributed by atoms with Crippen molar-refractivity contribution in [1.29, 1.82) is 0 Å². The number of aromatic nitrogens is 4. The van der Waals surface area contributed by atoms with Gasteiger partial charge in [-0.3, -0.25) is 14.8 Å². The minimum absolute atomic E-state index is 0.0152. The van der Waals surface area contributed by atoms with E-state index in [4.69, 9.17) is 0 Å². The molecule has 0 fully saturated rings. The summed E-state index contributed by atoms with van der Waals surface area (Å²) in [5.74, 6) is -0.708. The molecule has 2 rings (SSSR count). The number of H-pyrrole nitrogens is 2. The first-order valence-electron chi connectivity index (χ1n) is 4.19. The van der Waals surface area contributed by atoms with Gasteiger partial charge in [-0.15, -0.1) is 0 Å². The van der Waals surface area contributed by atoms with E-state index in [0.717, 1.165) is 6.20 Å². The van der Waals surface area contributed by atoms with Crippen LogP contribution in [0.3, 0.4) is 0 Å². The van der Waals surface area contributed by atoms with Gasteiger partial charge in [-0.25, -0.2) is 19.6 Å². The van der Waals surface area contributed by atoms with E-state index in [-0.39, 0.29) is 16.9 Å². The molecule has 8 heteroatoms. The topological polar surface area (TPSA) is 118 Å². The van der Waals surface area contributed by atoms with Gasteiger partial charge in [0.2, 0.25) is 0 Å². The van der Waals surface area contributed by atoms with E-state index in [1.54, 1.807) is 0 Å². The third-order valence-electron chi connectivity index (χ3n) is 1.84. The normalized spacial score (nSPS) is 10.3. The molecular formula is C8H6N4O4. The average Bonchev–Trinajstić information content (AvgIpc) is 2.27. The third kappa shape index (κ3) is 1.56. The first-order chi connectivity index (χ1) is 7.61. The van der Waals surface area contributed by atoms with Crippen molar-refractivity contribution in [2.45, 2.75) is 0 Å². The number of ether oxygens (including phenoxy) is 1. The number of methoxy groups -OCH3 is 1. The molecule has 16 heavy (non-hydrogen) atoms. The summed E-state index contributed by atoms with van der Waals surface area (Å²) in [6.07, 6.45) is 1.11. The molecule has 8 nitrogen and oxygen atoms in total. The second kappa shape index (κ2) is 3.57. The maximum atomic E-state index is 11.3. The first kappa shape index (κ1) is 10.0. The molecular weight excluding hydrogens is 216 g/mol. The standard InChI is InChI=1S/C8H6N4O4/c1-16-7(14)3-2-9-5-4(10-3)6(13)12-8(15)11-5/h2H,1H3,(H2,9,11,12,13,15). The van der Waals surface area contributed by atoms with E-state index >= 15 is 0 Å². The van der Waals surface area contributed by atoms with Crippen LogP contribution in [-0.2, 0) is 4.74 Å². The van der Waals surface area contributed by atoms with Crippen molar-refractivity contribution in [2.24, 2.45) is 0 Å². The van der Waals surface area contributed by atoms with Crippen LogP contribution in [0.1, 0.15) is 10.5 Å². The molecule has 0 unspecified atom stereocenters. The summed E-state index contributed by atoms with van der Waals surface area (Å²) >= 11 is 0. The third-order valence-corrected chi connectivity index (χ3v) is 1.84. The highest BCUT2D eigenvalue weighted by molar-refractivity contribution is 5.88. The van der Waals surface area contributed by atoms with Crippen molar-refractivity contribution in [3.8, 4) is 0 Å². The van der Waals surface area contributed by atoms with Gasteiger partial charge in [-0.1, -0.05) is 0 Å². The van der Waals surface area contributed by atoms with Crippen LogP contribution < -0.4 is 11.2 Å². The Bertz CT molecular complexity index is 672. The van der Waals surface area contributed by atoms with E-state index in [2.05, 4.69) is 19.7 Å². The van der Waals surface area contributed by atoms with Crippen molar-refractivity contribution in [2.75, 3.05) is 7.11 Å². The van der Waals surface area contributed by atoms with Crippen LogP contribution in [0, 0.1) is 0 Å². The summed E-state index contributed by atoms with van der Waals surface area (Å²) in [5.41, 5.74) is -1.61. The zero-order chi connectivity index (χ0) is 11.7. The Morgan fingerprint density at radius 3 is 2.81 bits per heavy atom. The average molecular weight is 222 g/mol. The molecule has 0 saturated carbocycles. The largest absolute Gasteiger partial charge is 0.464 e. The lowest BCUT2D eigenvalue weighted by Gasteiger charge is -1.98. The molecule has 2 heterocycles. The number of esters is 1. The zero-order valence-electron chi connectivity index (χ0n) is 8.10. The minimum Gasteiger partial charge on any atom is -0.464 e. The van der Waals surface area contributed by atoms with Crippen molar-refractivity contribution in [1.82, 2.24) is 19.9 Å². The number of nitrogens with zero attached hydrogens (tertiary/aromatic N) is 2. The van der Waals surface area contributed by atoms with Crippen LogP contribution in [0.5, 0.6) is 0 Å². The SMILES string of the molecule is COC(=O)c1cnc2[nH]c(=O)[nH]c(=O)c2n1. The molecule has 0 bridgehead atoms. The van der Waals surface area contributed by atoms with Crippen LogP contribution in [0.2, 0.25) is 0 Å². The number of aromatic amines is 2. The molecule has 0 radical (unpaired) electrons. The van der Waals surface area contributed by atoms with E-state index in [1.807, 2.05) is 4.98 Å². The van der Waals surface area contributed by atoms with E-state index in [9.17, 15) is 14.4 Å². The maximum absolute atomic E-state index is 11.3. The highest BCUT2D eigenvalue weighted by atomic mass is 16.5. The molecule has 0 spiro atoms. The minimum atomic E-state index is -0.711. The van der Waals surface area contributed by atoms with Crippen LogP contribution in [0.4, 0.5) is 0 Å². The van der Waals surface area contributed by atoms with Crippen LogP contribution >= 0.6 is 0 Å². The summed E-state index contributed by atoms with van der Waals surface area (Å²) in [6.45, 7) is 0. The number of rotatable bonds is 1. The van der Waals surface area contributed by atoms with Gasteiger partial charge in [0.15, 0.2) is 16.9 Å². The summed E-state index contributed by atoms with van der Waals surface area (Å²) in [5, 5.41) is 0. The Morgan fingerprint density at radius 2 is 2.12 bits per heavy atom. The Hall–Kier alpha value is -2.51. The Balaban J connectivity index is 2.76. The van der Waals surface area contributed by atoms with E-state index in [1.165, 1.54) is 7.11 Å². The fourth-order valence-corrected chi connectivity index (χ4v) is 1.14. The monoisotopic (exact) mass is 222 g/mol. The summed E-state index contributed by atoms with van der Waals surface area (Å²) in [4.78, 5) is 45.1. The molecule has 82 valence electrons. The summed E-state index contributed by atoms with van der Waals surface area (Å²) < 4.78 is 4.42. The van der Waals surface area contributed by atoms with Gasteiger partial charge in [-0.05, 0) is 0 Å². The van der Waals surface area contributed by atoms with Crippen LogP contribution in [0.25, 0.3) is 11.2 Å². The van der Waals surface area contributed by atoms with Crippen molar-refractivity contribution < 1.29 is 9.53 Å². The van der Waals surface area contributed by atoms with Gasteiger partial charge in [0.05, 0.1) is 13.3 Å². The molecule has 0 aliphatic carbocycles. The smallest absolute Gasteiger partial charge is 0.358 e. The fraction of sp³-hybridized carbons (Fsp3) is 0.125. The Morgan fingerprint density at radius 1 is 1.38 bits per heavy atom. The van der Waals surface area contributed by atoms with Gasteiger partial charge < -0.3 is 4.74 Å². The van der Waals surface area contributed by atoms with E-state index in [0.29, 0.717) is 0 Å². The number of fused-ring (bicyclic) bond motifs is 1. The van der Waals surface area contributed by atoms with Gasteiger partial charge in [0, 0.05) is 0 Å². The Labute approximate surface area is 87.3 Å². The highest BCUT2D eigenvalue weighted by Gasteiger charge is 2.11. The second-order valence-corrected chi connectivity index (χ2v) is 2.85. The molecule has 0 saturated heterocycles. The van der Waals surface area contributed by atoms with Gasteiger partial charge in [0.1, 0.15) is 0 Å². The first-order valence-corrected chi connectivity index (χ1v) is 4.19. The van der Waals surface area contributed by atoms with Crippen molar-refractivity contribution in [3.05, 3.63) is 32.7 Å². The number of hydrogen-bond donors (Lipinski definition) is 2. The number of hydrogen-bond acceptors (Lipinski definition) is 6. The fourth-order valence-electron chi connectivity index (χ4n) is 1.14.